The number of sulfonamides is 1. The minimum absolute atomic E-state index is 0.356. The van der Waals surface area contributed by atoms with Crippen molar-refractivity contribution < 1.29 is 8.42 Å². The van der Waals surface area contributed by atoms with Gasteiger partial charge in [-0.3, -0.25) is 0 Å². The van der Waals surface area contributed by atoms with Gasteiger partial charge in [0.2, 0.25) is 0 Å². The van der Waals surface area contributed by atoms with Crippen LogP contribution in [0, 0.1) is 11.8 Å². The Morgan fingerprint density at radius 3 is 2.27 bits per heavy atom. The van der Waals surface area contributed by atoms with Crippen LogP contribution in [0.2, 0.25) is 0 Å². The van der Waals surface area contributed by atoms with E-state index in [2.05, 4.69) is 23.1 Å². The highest BCUT2D eigenvalue weighted by Gasteiger charge is 2.35. The molecule has 0 saturated carbocycles. The number of nitrogens with zero attached hydrogens (tertiary/aromatic N) is 2. The van der Waals surface area contributed by atoms with Gasteiger partial charge in [0, 0.05) is 18.7 Å². The number of hydrogen-bond acceptors (Lipinski definition) is 3. The van der Waals surface area contributed by atoms with E-state index in [0.717, 1.165) is 24.2 Å². The van der Waals surface area contributed by atoms with Gasteiger partial charge in [0.15, 0.2) is 0 Å². The summed E-state index contributed by atoms with van der Waals surface area (Å²) in [5.41, 5.74) is 1.49. The second-order valence-electron chi connectivity index (χ2n) is 6.56. The van der Waals surface area contributed by atoms with Gasteiger partial charge in [-0.15, -0.1) is 4.40 Å². The molecule has 2 heterocycles. The van der Waals surface area contributed by atoms with Crippen LogP contribution < -0.4 is 0 Å². The smallest absolute Gasteiger partial charge is 0.285 e. The lowest BCUT2D eigenvalue weighted by molar-refractivity contribution is 0.214. The fourth-order valence-corrected chi connectivity index (χ4v) is 5.09. The van der Waals surface area contributed by atoms with E-state index in [1.54, 1.807) is 0 Å². The average molecular weight is 318 g/mol. The number of piperidine rings is 1. The minimum atomic E-state index is -3.60. The molecule has 1 aromatic carbocycles. The number of amidine groups is 1. The number of rotatable bonds is 1. The van der Waals surface area contributed by atoms with Gasteiger partial charge in [-0.25, -0.2) is 0 Å². The standard InChI is InChI=1S/C17H22N2O2S/c1-12-9-13(2)11-19(10-12)17-14(3)16(22(20,21)18-17)15-7-5-4-6-8-15/h4-8,12-13H,9-11H2,1-3H3/t12-,13-/m0/s1. The van der Waals surface area contributed by atoms with Crippen LogP contribution in [0.4, 0.5) is 0 Å². The van der Waals surface area contributed by atoms with Crippen LogP contribution in [0.5, 0.6) is 0 Å². The van der Waals surface area contributed by atoms with Crippen molar-refractivity contribution in [3.8, 4) is 0 Å². The van der Waals surface area contributed by atoms with E-state index in [1.807, 2.05) is 37.3 Å². The van der Waals surface area contributed by atoms with Gasteiger partial charge in [0.05, 0.1) is 0 Å². The van der Waals surface area contributed by atoms with Crippen molar-refractivity contribution in [1.82, 2.24) is 4.90 Å². The largest absolute Gasteiger partial charge is 0.355 e. The Hall–Kier alpha value is -1.62. The summed E-state index contributed by atoms with van der Waals surface area (Å²) in [4.78, 5) is 2.50. The SMILES string of the molecule is CC1=C(c2ccccc2)S(=O)(=O)N=C1N1C[C@@H](C)C[C@H](C)C1. The first-order chi connectivity index (χ1) is 10.4. The molecule has 22 heavy (non-hydrogen) atoms. The van der Waals surface area contributed by atoms with Crippen LogP contribution in [0.15, 0.2) is 40.3 Å². The fourth-order valence-electron chi connectivity index (χ4n) is 3.61. The highest BCUT2D eigenvalue weighted by Crippen LogP contribution is 2.35. The molecule has 0 aromatic heterocycles. The number of likely N-dealkylation sites (tertiary alicyclic amines) is 1. The molecule has 2 aliphatic heterocycles. The van der Waals surface area contributed by atoms with E-state index in [-0.39, 0.29) is 0 Å². The maximum Gasteiger partial charge on any atom is 0.285 e. The van der Waals surface area contributed by atoms with Crippen LogP contribution >= 0.6 is 0 Å². The summed E-state index contributed by atoms with van der Waals surface area (Å²) in [6.07, 6.45) is 1.19. The van der Waals surface area contributed by atoms with Gasteiger partial charge in [-0.05, 0) is 30.7 Å². The molecule has 1 fully saturated rings. The molecule has 2 aliphatic rings. The highest BCUT2D eigenvalue weighted by atomic mass is 32.2. The number of benzene rings is 1. The Morgan fingerprint density at radius 2 is 1.68 bits per heavy atom. The Labute approximate surface area is 132 Å². The first-order valence-corrected chi connectivity index (χ1v) is 9.19. The molecular formula is C17H22N2O2S. The average Bonchev–Trinajstić information content (AvgIpc) is 2.68. The first kappa shape index (κ1) is 15.3. The maximum atomic E-state index is 12.5. The first-order valence-electron chi connectivity index (χ1n) is 7.75. The van der Waals surface area contributed by atoms with Gasteiger partial charge in [-0.1, -0.05) is 44.2 Å². The molecular weight excluding hydrogens is 296 g/mol. The molecule has 0 spiro atoms. The predicted octanol–water partition coefficient (Wildman–Crippen LogP) is 3.14. The van der Waals surface area contributed by atoms with Crippen LogP contribution in [0.1, 0.15) is 32.8 Å². The molecule has 0 amide bonds. The van der Waals surface area contributed by atoms with E-state index in [9.17, 15) is 8.42 Å². The second-order valence-corrected chi connectivity index (χ2v) is 8.10. The van der Waals surface area contributed by atoms with E-state index >= 15 is 0 Å². The van der Waals surface area contributed by atoms with E-state index in [1.165, 1.54) is 6.42 Å². The molecule has 0 aliphatic carbocycles. The normalized spacial score (nSPS) is 28.0. The lowest BCUT2D eigenvalue weighted by Gasteiger charge is -2.36. The van der Waals surface area contributed by atoms with E-state index in [4.69, 9.17) is 0 Å². The van der Waals surface area contributed by atoms with Gasteiger partial charge >= 0.3 is 0 Å². The lowest BCUT2D eigenvalue weighted by atomic mass is 9.91. The Balaban J connectivity index is 2.02. The monoisotopic (exact) mass is 318 g/mol. The highest BCUT2D eigenvalue weighted by molar-refractivity contribution is 8.00. The molecule has 3 rings (SSSR count). The second kappa shape index (κ2) is 5.54. The fraction of sp³-hybridized carbons (Fsp3) is 0.471. The Kier molecular flexibility index (Phi) is 3.85. The third-order valence-electron chi connectivity index (χ3n) is 4.34. The van der Waals surface area contributed by atoms with Crippen molar-refractivity contribution in [1.29, 1.82) is 0 Å². The maximum absolute atomic E-state index is 12.5. The predicted molar refractivity (Wildman–Crippen MR) is 89.9 cm³/mol. The molecule has 1 saturated heterocycles. The van der Waals surface area contributed by atoms with Gasteiger partial charge < -0.3 is 4.90 Å². The van der Waals surface area contributed by atoms with Gasteiger partial charge in [0.1, 0.15) is 10.7 Å². The van der Waals surface area contributed by atoms with E-state index in [0.29, 0.717) is 22.6 Å². The minimum Gasteiger partial charge on any atom is -0.355 e. The third-order valence-corrected chi connectivity index (χ3v) is 5.82. The summed E-state index contributed by atoms with van der Waals surface area (Å²) < 4.78 is 29.1. The molecule has 118 valence electrons. The Morgan fingerprint density at radius 1 is 1.09 bits per heavy atom. The molecule has 0 N–H and O–H groups in total. The molecule has 1 aromatic rings. The van der Waals surface area contributed by atoms with Gasteiger partial charge in [-0.2, -0.15) is 8.42 Å². The molecule has 0 bridgehead atoms. The van der Waals surface area contributed by atoms with Crippen molar-refractivity contribution in [2.75, 3.05) is 13.1 Å². The van der Waals surface area contributed by atoms with E-state index < -0.39 is 10.0 Å². The van der Waals surface area contributed by atoms with Crippen LogP contribution in [-0.4, -0.2) is 32.2 Å². The molecule has 5 heteroatoms. The van der Waals surface area contributed by atoms with Crippen molar-refractivity contribution in [2.24, 2.45) is 16.2 Å². The van der Waals surface area contributed by atoms with Crippen molar-refractivity contribution in [2.45, 2.75) is 27.2 Å². The summed E-state index contributed by atoms with van der Waals surface area (Å²) in [6, 6.07) is 9.26. The number of hydrogen-bond donors (Lipinski definition) is 0. The molecule has 2 atom stereocenters. The lowest BCUT2D eigenvalue weighted by Crippen LogP contribution is -2.42. The summed E-state index contributed by atoms with van der Waals surface area (Å²) in [5.74, 6) is 1.75. The van der Waals surface area contributed by atoms with Crippen LogP contribution in [0.3, 0.4) is 0 Å². The quantitative estimate of drug-likeness (QED) is 0.799. The molecule has 0 unspecified atom stereocenters. The topological polar surface area (TPSA) is 49.7 Å². The zero-order valence-corrected chi connectivity index (χ0v) is 14.1. The summed E-state index contributed by atoms with van der Waals surface area (Å²) in [6.45, 7) is 8.04. The zero-order valence-electron chi connectivity index (χ0n) is 13.3. The van der Waals surface area contributed by atoms with Crippen molar-refractivity contribution in [3.05, 3.63) is 41.5 Å². The van der Waals surface area contributed by atoms with Crippen molar-refractivity contribution in [3.63, 3.8) is 0 Å². The molecule has 4 nitrogen and oxygen atoms in total. The zero-order chi connectivity index (χ0) is 15.9. The third kappa shape index (κ3) is 2.70. The van der Waals surface area contributed by atoms with Gasteiger partial charge in [0.25, 0.3) is 10.0 Å². The Bertz CT molecular complexity index is 725. The van der Waals surface area contributed by atoms with Crippen LogP contribution in [0.25, 0.3) is 4.91 Å². The molecule has 0 radical (unpaired) electrons. The summed E-state index contributed by atoms with van der Waals surface area (Å²) in [5, 5.41) is 0. The summed E-state index contributed by atoms with van der Waals surface area (Å²) in [7, 11) is -3.60. The summed E-state index contributed by atoms with van der Waals surface area (Å²) >= 11 is 0. The van der Waals surface area contributed by atoms with Crippen molar-refractivity contribution >= 4 is 20.8 Å². The van der Waals surface area contributed by atoms with Crippen LogP contribution in [-0.2, 0) is 10.0 Å².